The molecule has 41 heavy (non-hydrogen) atoms. The molecule has 1 spiro atoms. The van der Waals surface area contributed by atoms with Crippen molar-refractivity contribution in [2.24, 2.45) is 5.11 Å². The van der Waals surface area contributed by atoms with E-state index in [9.17, 15) is 14.7 Å². The van der Waals surface area contributed by atoms with Gasteiger partial charge in [-0.3, -0.25) is 9.59 Å². The van der Waals surface area contributed by atoms with Crippen molar-refractivity contribution in [1.29, 1.82) is 0 Å². The largest absolute Gasteiger partial charge is 0.487 e. The molecule has 2 aromatic carbocycles. The van der Waals surface area contributed by atoms with Gasteiger partial charge in [0.05, 0.1) is 25.3 Å². The third-order valence-electron chi connectivity index (χ3n) is 8.16. The minimum atomic E-state index is -0.902. The Morgan fingerprint density at radius 2 is 2.05 bits per heavy atom. The Morgan fingerprint density at radius 1 is 1.24 bits per heavy atom. The summed E-state index contributed by atoms with van der Waals surface area (Å²) in [4.78, 5) is 29.7. The van der Waals surface area contributed by atoms with Crippen LogP contribution < -0.4 is 15.4 Å². The van der Waals surface area contributed by atoms with Gasteiger partial charge >= 0.3 is 0 Å². The molecule has 2 aliphatic heterocycles. The Morgan fingerprint density at radius 3 is 2.78 bits per heavy atom. The number of fused-ring (bicyclic) bond motifs is 1. The van der Waals surface area contributed by atoms with Crippen LogP contribution in [0.4, 0.5) is 0 Å². The van der Waals surface area contributed by atoms with Crippen LogP contribution in [0.1, 0.15) is 42.9 Å². The van der Waals surface area contributed by atoms with Crippen molar-refractivity contribution in [2.75, 3.05) is 32.8 Å². The Labute approximate surface area is 247 Å². The summed E-state index contributed by atoms with van der Waals surface area (Å²) >= 11 is 3.57. The molecule has 218 valence electrons. The molecule has 11 nitrogen and oxygen atoms in total. The number of halogens is 1. The summed E-state index contributed by atoms with van der Waals surface area (Å²) in [5.74, 6) is 0.107. The fraction of sp³-hybridized carbons (Fsp3) is 0.517. The van der Waals surface area contributed by atoms with E-state index in [-0.39, 0.29) is 43.8 Å². The second-order valence-corrected chi connectivity index (χ2v) is 11.9. The quantitative estimate of drug-likeness (QED) is 0.209. The van der Waals surface area contributed by atoms with Crippen LogP contribution in [0.5, 0.6) is 5.75 Å². The number of nitrogens with one attached hydrogen (secondary N) is 2. The van der Waals surface area contributed by atoms with Gasteiger partial charge in [-0.25, -0.2) is 0 Å². The summed E-state index contributed by atoms with van der Waals surface area (Å²) in [6.45, 7) is 0.501. The molecule has 2 amide bonds. The van der Waals surface area contributed by atoms with Crippen LogP contribution >= 0.6 is 15.9 Å². The highest BCUT2D eigenvalue weighted by atomic mass is 79.9. The van der Waals surface area contributed by atoms with E-state index in [1.165, 1.54) is 4.90 Å². The zero-order valence-electron chi connectivity index (χ0n) is 22.7. The predicted octanol–water partition coefficient (Wildman–Crippen LogP) is 3.41. The van der Waals surface area contributed by atoms with Crippen LogP contribution in [0.15, 0.2) is 58.1 Å². The number of aliphatic hydroxyl groups is 1. The average Bonchev–Trinajstić information content (AvgIpc) is 2.97. The standard InChI is InChI=1S/C29H35BrN6O5/c30-20-7-8-25-21(14-20)23(15-29(41-25)9-4-10-29)32-16-24(37)22(13-19-5-2-1-3-6-19)34-28(39)26-18-36(11-12-40-26)27(38)17-33-35-31/h1-3,5-8,14,22-24,26,32,37H,4,9-13,15-18H2,(H,34,39)/t22-,23-,24+,26+/m0/s1. The minimum absolute atomic E-state index is 0.00315. The van der Waals surface area contributed by atoms with Gasteiger partial charge in [-0.05, 0) is 55.0 Å². The van der Waals surface area contributed by atoms with Crippen molar-refractivity contribution >= 4 is 27.7 Å². The van der Waals surface area contributed by atoms with E-state index in [1.807, 2.05) is 42.5 Å². The molecule has 3 aliphatic rings. The van der Waals surface area contributed by atoms with E-state index < -0.39 is 24.2 Å². The smallest absolute Gasteiger partial charge is 0.251 e. The number of azide groups is 1. The topological polar surface area (TPSA) is 149 Å². The lowest BCUT2D eigenvalue weighted by Gasteiger charge is -2.48. The monoisotopic (exact) mass is 626 g/mol. The van der Waals surface area contributed by atoms with Crippen LogP contribution in [0, 0.1) is 0 Å². The molecule has 1 aliphatic carbocycles. The highest BCUT2D eigenvalue weighted by Gasteiger charge is 2.45. The molecule has 4 atom stereocenters. The summed E-state index contributed by atoms with van der Waals surface area (Å²) in [6.07, 6.45) is 2.61. The summed E-state index contributed by atoms with van der Waals surface area (Å²) in [5.41, 5.74) is 10.4. The van der Waals surface area contributed by atoms with Crippen molar-refractivity contribution in [3.05, 3.63) is 74.6 Å². The van der Waals surface area contributed by atoms with Gasteiger partial charge in [0, 0.05) is 40.5 Å². The number of nitrogens with zero attached hydrogens (tertiary/aromatic N) is 4. The first-order chi connectivity index (χ1) is 19.9. The first-order valence-electron chi connectivity index (χ1n) is 14.0. The Hall–Kier alpha value is -3.15. The van der Waals surface area contributed by atoms with Crippen LogP contribution in [0.2, 0.25) is 0 Å². The predicted molar refractivity (Wildman–Crippen MR) is 155 cm³/mol. The van der Waals surface area contributed by atoms with Gasteiger partial charge in [0.15, 0.2) is 6.10 Å². The molecule has 0 radical (unpaired) electrons. The lowest BCUT2D eigenvalue weighted by atomic mass is 9.73. The van der Waals surface area contributed by atoms with Gasteiger partial charge in [0.25, 0.3) is 5.91 Å². The number of ether oxygens (including phenoxy) is 2. The van der Waals surface area contributed by atoms with Gasteiger partial charge in [-0.1, -0.05) is 51.4 Å². The lowest BCUT2D eigenvalue weighted by molar-refractivity contribution is -0.147. The second kappa shape index (κ2) is 13.2. The third kappa shape index (κ3) is 7.20. The first-order valence-corrected chi connectivity index (χ1v) is 14.8. The number of hydrogen-bond donors (Lipinski definition) is 3. The SMILES string of the molecule is [N-]=[N+]=NCC(=O)N1CCO[C@@H](C(=O)N[C@@H](Cc2ccccc2)[C@H](O)CN[C@H]2CC3(CCC3)Oc3ccc(Br)cc32)C1. The van der Waals surface area contributed by atoms with E-state index >= 15 is 0 Å². The van der Waals surface area contributed by atoms with Crippen molar-refractivity contribution < 1.29 is 24.2 Å². The van der Waals surface area contributed by atoms with Gasteiger partial charge in [-0.15, -0.1) is 0 Å². The van der Waals surface area contributed by atoms with Gasteiger partial charge in [-0.2, -0.15) is 0 Å². The van der Waals surface area contributed by atoms with Crippen LogP contribution in [0.25, 0.3) is 10.4 Å². The molecular formula is C29H35BrN6O5. The molecule has 5 rings (SSSR count). The Bertz CT molecular complexity index is 1290. The molecule has 2 heterocycles. The van der Waals surface area contributed by atoms with Crippen LogP contribution in [-0.2, 0) is 20.7 Å². The molecular weight excluding hydrogens is 592 g/mol. The Kier molecular flexibility index (Phi) is 9.46. The van der Waals surface area contributed by atoms with Crippen molar-refractivity contribution in [2.45, 2.75) is 62.0 Å². The normalized spacial score (nSPS) is 22.3. The van der Waals surface area contributed by atoms with Crippen molar-refractivity contribution in [1.82, 2.24) is 15.5 Å². The van der Waals surface area contributed by atoms with Gasteiger partial charge < -0.3 is 30.1 Å². The summed E-state index contributed by atoms with van der Waals surface area (Å²) in [6, 6.07) is 15.1. The minimum Gasteiger partial charge on any atom is -0.487 e. The lowest BCUT2D eigenvalue weighted by Crippen LogP contribution is -2.57. The number of benzene rings is 2. The zero-order valence-corrected chi connectivity index (χ0v) is 24.3. The maximum absolute atomic E-state index is 13.3. The summed E-state index contributed by atoms with van der Waals surface area (Å²) in [5, 5.41) is 21.3. The second-order valence-electron chi connectivity index (χ2n) is 10.9. The van der Waals surface area contributed by atoms with Crippen LogP contribution in [0.3, 0.4) is 0 Å². The number of aliphatic hydroxyl groups excluding tert-OH is 1. The first kappa shape index (κ1) is 29.3. The summed E-state index contributed by atoms with van der Waals surface area (Å²) < 4.78 is 13.0. The van der Waals surface area contributed by atoms with Crippen molar-refractivity contribution in [3.8, 4) is 5.75 Å². The number of morpholine rings is 1. The molecule has 0 unspecified atom stereocenters. The highest BCUT2D eigenvalue weighted by molar-refractivity contribution is 9.10. The molecule has 0 aromatic heterocycles. The molecule has 0 bridgehead atoms. The van der Waals surface area contributed by atoms with E-state index in [1.54, 1.807) is 0 Å². The van der Waals surface area contributed by atoms with E-state index in [2.05, 4.69) is 42.7 Å². The molecule has 3 N–H and O–H groups in total. The average molecular weight is 628 g/mol. The number of carbonyl (C=O) groups excluding carboxylic acids is 2. The van der Waals surface area contributed by atoms with Crippen LogP contribution in [-0.4, -0.2) is 78.5 Å². The Balaban J connectivity index is 1.27. The van der Waals surface area contributed by atoms with E-state index in [0.29, 0.717) is 13.0 Å². The molecule has 2 fully saturated rings. The fourth-order valence-electron chi connectivity index (χ4n) is 5.76. The van der Waals surface area contributed by atoms with E-state index in [0.717, 1.165) is 47.0 Å². The number of hydrogen-bond acceptors (Lipinski definition) is 7. The number of carbonyl (C=O) groups is 2. The molecule has 1 saturated carbocycles. The van der Waals surface area contributed by atoms with E-state index in [4.69, 9.17) is 15.0 Å². The number of rotatable bonds is 10. The maximum atomic E-state index is 13.3. The molecule has 12 heteroatoms. The third-order valence-corrected chi connectivity index (χ3v) is 8.65. The van der Waals surface area contributed by atoms with Gasteiger partial charge in [0.1, 0.15) is 17.9 Å². The number of amides is 2. The molecule has 2 aromatic rings. The maximum Gasteiger partial charge on any atom is 0.251 e. The summed E-state index contributed by atoms with van der Waals surface area (Å²) in [7, 11) is 0. The fourth-order valence-corrected chi connectivity index (χ4v) is 6.14. The molecule has 1 saturated heterocycles. The van der Waals surface area contributed by atoms with Crippen molar-refractivity contribution in [3.63, 3.8) is 0 Å². The highest BCUT2D eigenvalue weighted by Crippen LogP contribution is 2.49. The van der Waals surface area contributed by atoms with Gasteiger partial charge in [0.2, 0.25) is 5.91 Å². The zero-order chi connectivity index (χ0) is 28.8.